The van der Waals surface area contributed by atoms with Gasteiger partial charge < -0.3 is 9.15 Å². The SMILES string of the molecule is Cc1oc(-c2ccccc2)nc1COC(=O)CSc1ncnc2sccc12. The molecule has 0 amide bonds. The number of aryl methyl sites for hydroxylation is 1. The van der Waals surface area contributed by atoms with Gasteiger partial charge in [-0.3, -0.25) is 4.79 Å². The Morgan fingerprint density at radius 1 is 1.22 bits per heavy atom. The second-order valence-corrected chi connectivity index (χ2v) is 7.51. The zero-order chi connectivity index (χ0) is 18.6. The number of hydrogen-bond acceptors (Lipinski definition) is 8. The summed E-state index contributed by atoms with van der Waals surface area (Å²) in [5, 5.41) is 3.70. The van der Waals surface area contributed by atoms with E-state index in [0.717, 1.165) is 20.8 Å². The lowest BCUT2D eigenvalue weighted by atomic mass is 10.2. The summed E-state index contributed by atoms with van der Waals surface area (Å²) >= 11 is 2.89. The molecule has 0 saturated carbocycles. The fraction of sp³-hybridized carbons (Fsp3) is 0.158. The van der Waals surface area contributed by atoms with E-state index in [0.29, 0.717) is 17.3 Å². The number of oxazole rings is 1. The molecule has 0 aliphatic carbocycles. The van der Waals surface area contributed by atoms with Crippen molar-refractivity contribution in [2.24, 2.45) is 0 Å². The number of carbonyl (C=O) groups is 1. The highest BCUT2D eigenvalue weighted by atomic mass is 32.2. The molecule has 0 fully saturated rings. The molecule has 0 aliphatic rings. The van der Waals surface area contributed by atoms with Crippen LogP contribution in [0, 0.1) is 6.92 Å². The normalized spacial score (nSPS) is 11.0. The summed E-state index contributed by atoms with van der Waals surface area (Å²) in [6, 6.07) is 11.6. The first-order valence-electron chi connectivity index (χ1n) is 8.19. The highest BCUT2D eigenvalue weighted by Gasteiger charge is 2.14. The predicted octanol–water partition coefficient (Wildman–Crippen LogP) is 4.49. The van der Waals surface area contributed by atoms with Crippen LogP contribution in [-0.2, 0) is 16.1 Å². The lowest BCUT2D eigenvalue weighted by Gasteiger charge is -2.03. The number of thiophene rings is 1. The third kappa shape index (κ3) is 4.01. The molecule has 0 bridgehead atoms. The maximum Gasteiger partial charge on any atom is 0.316 e. The molecule has 6 nitrogen and oxygen atoms in total. The minimum absolute atomic E-state index is 0.0825. The number of carbonyl (C=O) groups excluding carboxylic acids is 1. The lowest BCUT2D eigenvalue weighted by Crippen LogP contribution is -2.08. The van der Waals surface area contributed by atoms with Crippen molar-refractivity contribution in [2.45, 2.75) is 18.6 Å². The van der Waals surface area contributed by atoms with Crippen molar-refractivity contribution >= 4 is 39.3 Å². The number of esters is 1. The minimum atomic E-state index is -0.328. The molecule has 0 N–H and O–H groups in total. The maximum atomic E-state index is 12.1. The van der Waals surface area contributed by atoms with Crippen molar-refractivity contribution in [3.05, 3.63) is 59.6 Å². The zero-order valence-electron chi connectivity index (χ0n) is 14.4. The van der Waals surface area contributed by atoms with E-state index in [4.69, 9.17) is 9.15 Å². The Bertz CT molecular complexity index is 1080. The van der Waals surface area contributed by atoms with Crippen LogP contribution in [0.4, 0.5) is 0 Å². The molecule has 1 aromatic carbocycles. The number of aromatic nitrogens is 3. The molecule has 8 heteroatoms. The number of hydrogen-bond donors (Lipinski definition) is 0. The van der Waals surface area contributed by atoms with Crippen LogP contribution >= 0.6 is 23.1 Å². The third-order valence-corrected chi connectivity index (χ3v) is 5.63. The summed E-state index contributed by atoms with van der Waals surface area (Å²) in [6.07, 6.45) is 1.51. The van der Waals surface area contributed by atoms with E-state index in [2.05, 4.69) is 15.0 Å². The maximum absolute atomic E-state index is 12.1. The number of rotatable bonds is 6. The van der Waals surface area contributed by atoms with Crippen molar-refractivity contribution in [2.75, 3.05) is 5.75 Å². The monoisotopic (exact) mass is 397 g/mol. The second-order valence-electron chi connectivity index (χ2n) is 5.66. The van der Waals surface area contributed by atoms with Crippen LogP contribution in [0.15, 0.2) is 57.5 Å². The summed E-state index contributed by atoms with van der Waals surface area (Å²) in [5.41, 5.74) is 1.51. The summed E-state index contributed by atoms with van der Waals surface area (Å²) in [5.74, 6) is 1.01. The van der Waals surface area contributed by atoms with Gasteiger partial charge in [0.25, 0.3) is 0 Å². The van der Waals surface area contributed by atoms with Crippen LogP contribution in [0.3, 0.4) is 0 Å². The Balaban J connectivity index is 1.36. The average Bonchev–Trinajstić information content (AvgIpc) is 3.32. The van der Waals surface area contributed by atoms with E-state index < -0.39 is 0 Å². The Morgan fingerprint density at radius 2 is 2.07 bits per heavy atom. The second kappa shape index (κ2) is 7.89. The van der Waals surface area contributed by atoms with Crippen LogP contribution in [0.1, 0.15) is 11.5 Å². The van der Waals surface area contributed by atoms with Crippen LogP contribution in [0.5, 0.6) is 0 Å². The molecule has 0 saturated heterocycles. The van der Waals surface area contributed by atoms with Gasteiger partial charge in [-0.05, 0) is 30.5 Å². The van der Waals surface area contributed by atoms with Crippen molar-refractivity contribution in [1.29, 1.82) is 0 Å². The summed E-state index contributed by atoms with van der Waals surface area (Å²) in [6.45, 7) is 1.89. The molecular weight excluding hydrogens is 382 g/mol. The topological polar surface area (TPSA) is 78.1 Å². The molecule has 3 aromatic heterocycles. The van der Waals surface area contributed by atoms with Gasteiger partial charge in [0.1, 0.15) is 34.2 Å². The van der Waals surface area contributed by atoms with Gasteiger partial charge in [0.2, 0.25) is 5.89 Å². The number of benzene rings is 1. The van der Waals surface area contributed by atoms with Crippen molar-refractivity contribution in [3.8, 4) is 11.5 Å². The largest absolute Gasteiger partial charge is 0.458 e. The van der Waals surface area contributed by atoms with Gasteiger partial charge in [-0.25, -0.2) is 15.0 Å². The fourth-order valence-corrected chi connectivity index (χ4v) is 4.04. The molecule has 136 valence electrons. The number of thioether (sulfide) groups is 1. The van der Waals surface area contributed by atoms with Gasteiger partial charge in [0, 0.05) is 10.9 Å². The number of nitrogens with zero attached hydrogens (tertiary/aromatic N) is 3. The van der Waals surface area contributed by atoms with Gasteiger partial charge in [0.05, 0.1) is 5.75 Å². The predicted molar refractivity (Wildman–Crippen MR) is 105 cm³/mol. The Hall–Kier alpha value is -2.71. The first-order valence-corrected chi connectivity index (χ1v) is 10.1. The van der Waals surface area contributed by atoms with E-state index in [-0.39, 0.29) is 18.3 Å². The molecule has 3 heterocycles. The van der Waals surface area contributed by atoms with Gasteiger partial charge >= 0.3 is 5.97 Å². The number of fused-ring (bicyclic) bond motifs is 1. The average molecular weight is 397 g/mol. The van der Waals surface area contributed by atoms with Crippen LogP contribution in [-0.4, -0.2) is 26.7 Å². The highest BCUT2D eigenvalue weighted by molar-refractivity contribution is 8.00. The fourth-order valence-electron chi connectivity index (χ4n) is 2.47. The smallest absolute Gasteiger partial charge is 0.316 e. The number of ether oxygens (including phenoxy) is 1. The van der Waals surface area contributed by atoms with Gasteiger partial charge in [0.15, 0.2) is 0 Å². The van der Waals surface area contributed by atoms with E-state index in [1.54, 1.807) is 11.3 Å². The van der Waals surface area contributed by atoms with E-state index in [1.165, 1.54) is 18.1 Å². The molecule has 4 aromatic rings. The van der Waals surface area contributed by atoms with E-state index >= 15 is 0 Å². The standard InChI is InChI=1S/C19H15N3O3S2/c1-12-15(22-17(25-12)13-5-3-2-4-6-13)9-24-16(23)10-27-19-14-7-8-26-18(14)20-11-21-19/h2-8,11H,9-10H2,1H3. The van der Waals surface area contributed by atoms with Crippen molar-refractivity contribution in [3.63, 3.8) is 0 Å². The summed E-state index contributed by atoms with van der Waals surface area (Å²) < 4.78 is 11.0. The Kier molecular flexibility index (Phi) is 5.17. The van der Waals surface area contributed by atoms with Crippen LogP contribution in [0.25, 0.3) is 21.7 Å². The Labute approximate surface area is 163 Å². The van der Waals surface area contributed by atoms with Crippen LogP contribution in [0.2, 0.25) is 0 Å². The molecular formula is C19H15N3O3S2. The highest BCUT2D eigenvalue weighted by Crippen LogP contribution is 2.28. The molecule has 0 aliphatic heterocycles. The first kappa shape index (κ1) is 17.7. The molecule has 0 radical (unpaired) electrons. The van der Waals surface area contributed by atoms with Gasteiger partial charge in [-0.15, -0.1) is 11.3 Å². The van der Waals surface area contributed by atoms with Crippen LogP contribution < -0.4 is 0 Å². The summed E-state index contributed by atoms with van der Waals surface area (Å²) in [4.78, 5) is 25.9. The van der Waals surface area contributed by atoms with Crippen molar-refractivity contribution in [1.82, 2.24) is 15.0 Å². The molecule has 4 rings (SSSR count). The third-order valence-electron chi connectivity index (χ3n) is 3.84. The molecule has 27 heavy (non-hydrogen) atoms. The summed E-state index contributed by atoms with van der Waals surface area (Å²) in [7, 11) is 0. The van der Waals surface area contributed by atoms with Crippen molar-refractivity contribution < 1.29 is 13.9 Å². The van der Waals surface area contributed by atoms with Gasteiger partial charge in [-0.1, -0.05) is 30.0 Å². The quantitative estimate of drug-likeness (QED) is 0.269. The zero-order valence-corrected chi connectivity index (χ0v) is 16.0. The molecule has 0 atom stereocenters. The Morgan fingerprint density at radius 3 is 2.93 bits per heavy atom. The minimum Gasteiger partial charge on any atom is -0.458 e. The van der Waals surface area contributed by atoms with Gasteiger partial charge in [-0.2, -0.15) is 0 Å². The first-order chi connectivity index (χ1) is 13.2. The van der Waals surface area contributed by atoms with E-state index in [1.807, 2.05) is 48.7 Å². The van der Waals surface area contributed by atoms with E-state index in [9.17, 15) is 4.79 Å². The molecule has 0 unspecified atom stereocenters. The molecule has 0 spiro atoms. The lowest BCUT2D eigenvalue weighted by molar-refractivity contribution is -0.141.